The van der Waals surface area contributed by atoms with Crippen molar-refractivity contribution in [3.63, 3.8) is 0 Å². The number of hydrogen-bond acceptors (Lipinski definition) is 4. The fourth-order valence-corrected chi connectivity index (χ4v) is 1.10. The largest absolute Gasteiger partial charge is 0.506 e. The summed E-state index contributed by atoms with van der Waals surface area (Å²) in [6.07, 6.45) is 2.16. The van der Waals surface area contributed by atoms with E-state index in [0.717, 1.165) is 12.1 Å². The molecule has 0 saturated heterocycles. The minimum atomic E-state index is 0.178. The topological polar surface area (TPSA) is 65.4 Å². The van der Waals surface area contributed by atoms with Crippen molar-refractivity contribution >= 4 is 0 Å². The summed E-state index contributed by atoms with van der Waals surface area (Å²) in [5.74, 6) is 0.178. The maximum atomic E-state index is 9.00. The first-order valence-electron chi connectivity index (χ1n) is 4.70. The van der Waals surface area contributed by atoms with E-state index in [2.05, 4.69) is 10.3 Å². The molecule has 4 nitrogen and oxygen atoms in total. The first-order chi connectivity index (χ1) is 6.72. The number of nitrogens with zero attached hydrogens (tertiary/aromatic N) is 1. The van der Waals surface area contributed by atoms with E-state index in [1.807, 2.05) is 6.92 Å². The first-order valence-corrected chi connectivity index (χ1v) is 4.70. The predicted octanol–water partition coefficient (Wildman–Crippen LogP) is 0.648. The average Bonchev–Trinajstić information content (AvgIpc) is 2.17. The van der Waals surface area contributed by atoms with Crippen LogP contribution in [0.2, 0.25) is 0 Å². The van der Waals surface area contributed by atoms with Crippen LogP contribution < -0.4 is 5.32 Å². The highest BCUT2D eigenvalue weighted by Crippen LogP contribution is 2.05. The van der Waals surface area contributed by atoms with E-state index in [1.165, 1.54) is 6.20 Å². The molecule has 3 N–H and O–H groups in total. The number of hydrogen-bond donors (Lipinski definition) is 3. The van der Waals surface area contributed by atoms with Crippen molar-refractivity contribution < 1.29 is 10.2 Å². The van der Waals surface area contributed by atoms with E-state index in [9.17, 15) is 0 Å². The van der Waals surface area contributed by atoms with Gasteiger partial charge in [0.05, 0.1) is 11.9 Å². The zero-order chi connectivity index (χ0) is 10.4. The van der Waals surface area contributed by atoms with Crippen LogP contribution in [0.25, 0.3) is 0 Å². The quantitative estimate of drug-likeness (QED) is 0.647. The lowest BCUT2D eigenvalue weighted by molar-refractivity contribution is 0.268. The van der Waals surface area contributed by atoms with Gasteiger partial charge in [0, 0.05) is 19.2 Å². The monoisotopic (exact) mass is 196 g/mol. The van der Waals surface area contributed by atoms with Crippen molar-refractivity contribution in [3.8, 4) is 5.75 Å². The molecule has 0 aliphatic heterocycles. The standard InChI is InChI=1S/C10H16N2O2/c1-8(4-5-13)11-6-9-2-3-10(14)7-12-9/h2-3,7-8,11,13-14H,4-6H2,1H3. The molecule has 0 aliphatic carbocycles. The van der Waals surface area contributed by atoms with E-state index in [4.69, 9.17) is 10.2 Å². The van der Waals surface area contributed by atoms with Gasteiger partial charge in [0.1, 0.15) is 5.75 Å². The Morgan fingerprint density at radius 1 is 1.50 bits per heavy atom. The third-order valence-electron chi connectivity index (χ3n) is 2.00. The summed E-state index contributed by atoms with van der Waals surface area (Å²) in [5.41, 5.74) is 0.882. The Labute approximate surface area is 83.6 Å². The number of aliphatic hydroxyl groups excluding tert-OH is 1. The summed E-state index contributed by atoms with van der Waals surface area (Å²) in [6, 6.07) is 3.66. The maximum absolute atomic E-state index is 9.00. The molecule has 0 radical (unpaired) electrons. The molecule has 1 atom stereocenters. The van der Waals surface area contributed by atoms with Crippen LogP contribution >= 0.6 is 0 Å². The summed E-state index contributed by atoms with van der Waals surface area (Å²) in [4.78, 5) is 4.04. The van der Waals surface area contributed by atoms with Crippen LogP contribution in [0.15, 0.2) is 18.3 Å². The van der Waals surface area contributed by atoms with Crippen molar-refractivity contribution in [2.24, 2.45) is 0 Å². The summed E-state index contributed by atoms with van der Waals surface area (Å²) < 4.78 is 0. The van der Waals surface area contributed by atoms with E-state index in [1.54, 1.807) is 12.1 Å². The van der Waals surface area contributed by atoms with E-state index in [0.29, 0.717) is 6.54 Å². The molecule has 1 aromatic rings. The SMILES string of the molecule is CC(CCO)NCc1ccc(O)cn1. The lowest BCUT2D eigenvalue weighted by Crippen LogP contribution is -2.26. The summed E-state index contributed by atoms with van der Waals surface area (Å²) in [7, 11) is 0. The fraction of sp³-hybridized carbons (Fsp3) is 0.500. The molecule has 78 valence electrons. The Morgan fingerprint density at radius 3 is 2.86 bits per heavy atom. The second kappa shape index (κ2) is 5.57. The van der Waals surface area contributed by atoms with Crippen molar-refractivity contribution in [1.29, 1.82) is 0 Å². The van der Waals surface area contributed by atoms with Crippen LogP contribution in [0.1, 0.15) is 19.0 Å². The molecule has 1 unspecified atom stereocenters. The first kappa shape index (κ1) is 10.9. The van der Waals surface area contributed by atoms with Crippen LogP contribution in [-0.2, 0) is 6.54 Å². The van der Waals surface area contributed by atoms with Crippen LogP contribution in [0.4, 0.5) is 0 Å². The number of rotatable bonds is 5. The highest BCUT2D eigenvalue weighted by Gasteiger charge is 2.00. The Morgan fingerprint density at radius 2 is 2.29 bits per heavy atom. The zero-order valence-electron chi connectivity index (χ0n) is 8.27. The molecule has 1 aromatic heterocycles. The molecule has 0 amide bonds. The normalized spacial score (nSPS) is 12.7. The average molecular weight is 196 g/mol. The number of aromatic nitrogens is 1. The van der Waals surface area contributed by atoms with E-state index >= 15 is 0 Å². The van der Waals surface area contributed by atoms with Crippen molar-refractivity contribution in [2.45, 2.75) is 25.9 Å². The third-order valence-corrected chi connectivity index (χ3v) is 2.00. The molecule has 0 saturated carbocycles. The molecule has 0 bridgehead atoms. The van der Waals surface area contributed by atoms with Gasteiger partial charge < -0.3 is 15.5 Å². The Hall–Kier alpha value is -1.13. The smallest absolute Gasteiger partial charge is 0.133 e. The molecule has 0 aromatic carbocycles. The van der Waals surface area contributed by atoms with Crippen molar-refractivity contribution in [3.05, 3.63) is 24.0 Å². The summed E-state index contributed by atoms with van der Waals surface area (Å²) >= 11 is 0. The van der Waals surface area contributed by atoms with Gasteiger partial charge in [-0.25, -0.2) is 0 Å². The van der Waals surface area contributed by atoms with Gasteiger partial charge in [-0.05, 0) is 25.5 Å². The van der Waals surface area contributed by atoms with Crippen LogP contribution in [0.3, 0.4) is 0 Å². The van der Waals surface area contributed by atoms with Gasteiger partial charge >= 0.3 is 0 Å². The van der Waals surface area contributed by atoms with E-state index < -0.39 is 0 Å². The van der Waals surface area contributed by atoms with Gasteiger partial charge in [-0.3, -0.25) is 4.98 Å². The molecular formula is C10H16N2O2. The van der Waals surface area contributed by atoms with Gasteiger partial charge in [0.25, 0.3) is 0 Å². The lowest BCUT2D eigenvalue weighted by Gasteiger charge is -2.11. The van der Waals surface area contributed by atoms with Crippen molar-refractivity contribution in [1.82, 2.24) is 10.3 Å². The third kappa shape index (κ3) is 3.72. The van der Waals surface area contributed by atoms with Crippen molar-refractivity contribution in [2.75, 3.05) is 6.61 Å². The summed E-state index contributed by atoms with van der Waals surface area (Å²) in [6.45, 7) is 2.86. The van der Waals surface area contributed by atoms with Gasteiger partial charge in [-0.2, -0.15) is 0 Å². The minimum absolute atomic E-state index is 0.178. The number of aliphatic hydroxyl groups is 1. The fourth-order valence-electron chi connectivity index (χ4n) is 1.10. The van der Waals surface area contributed by atoms with Crippen LogP contribution in [0, 0.1) is 0 Å². The molecular weight excluding hydrogens is 180 g/mol. The molecule has 14 heavy (non-hydrogen) atoms. The molecule has 1 heterocycles. The second-order valence-electron chi connectivity index (χ2n) is 3.30. The van der Waals surface area contributed by atoms with Crippen LogP contribution in [-0.4, -0.2) is 27.8 Å². The number of aromatic hydroxyl groups is 1. The predicted molar refractivity (Wildman–Crippen MR) is 53.9 cm³/mol. The Balaban J connectivity index is 2.34. The highest BCUT2D eigenvalue weighted by molar-refractivity contribution is 5.17. The zero-order valence-corrected chi connectivity index (χ0v) is 8.27. The summed E-state index contributed by atoms with van der Waals surface area (Å²) in [5, 5.41) is 20.9. The number of nitrogens with one attached hydrogen (secondary N) is 1. The Bertz CT molecular complexity index is 261. The molecule has 0 fully saturated rings. The number of pyridine rings is 1. The highest BCUT2D eigenvalue weighted by atomic mass is 16.3. The van der Waals surface area contributed by atoms with Gasteiger partial charge in [-0.15, -0.1) is 0 Å². The molecule has 4 heteroatoms. The maximum Gasteiger partial charge on any atom is 0.133 e. The van der Waals surface area contributed by atoms with Gasteiger partial charge in [0.2, 0.25) is 0 Å². The lowest BCUT2D eigenvalue weighted by atomic mass is 10.2. The van der Waals surface area contributed by atoms with Gasteiger partial charge in [-0.1, -0.05) is 0 Å². The Kier molecular flexibility index (Phi) is 4.35. The van der Waals surface area contributed by atoms with Gasteiger partial charge in [0.15, 0.2) is 0 Å². The minimum Gasteiger partial charge on any atom is -0.506 e. The molecule has 1 rings (SSSR count). The second-order valence-corrected chi connectivity index (χ2v) is 3.30. The van der Waals surface area contributed by atoms with E-state index in [-0.39, 0.29) is 18.4 Å². The molecule has 0 spiro atoms. The molecule has 0 aliphatic rings. The van der Waals surface area contributed by atoms with Crippen LogP contribution in [0.5, 0.6) is 5.75 Å².